The number of rotatable bonds is 6. The van der Waals surface area contributed by atoms with Crippen LogP contribution in [0, 0.1) is 11.3 Å². The fraction of sp³-hybridized carbons (Fsp3) is 0.308. The summed E-state index contributed by atoms with van der Waals surface area (Å²) in [5.74, 6) is -1.03. The molecule has 3 heterocycles. The number of halogens is 2. The monoisotopic (exact) mass is 587 g/mol. The second kappa shape index (κ2) is 9.95. The highest BCUT2D eigenvalue weighted by molar-refractivity contribution is 7.89. The van der Waals surface area contributed by atoms with Crippen molar-refractivity contribution >= 4 is 56.7 Å². The summed E-state index contributed by atoms with van der Waals surface area (Å²) >= 11 is 12.5. The van der Waals surface area contributed by atoms with Gasteiger partial charge in [-0.1, -0.05) is 35.3 Å². The summed E-state index contributed by atoms with van der Waals surface area (Å²) in [6, 6.07) is 12.4. The van der Waals surface area contributed by atoms with Gasteiger partial charge in [0.1, 0.15) is 11.6 Å². The second-order valence-corrected chi connectivity index (χ2v) is 12.3. The number of benzene rings is 2. The Morgan fingerprint density at radius 3 is 2.49 bits per heavy atom. The number of ether oxygens (including phenoxy) is 1. The summed E-state index contributed by atoms with van der Waals surface area (Å²) in [5.41, 5.74) is 0.0294. The third-order valence-electron chi connectivity index (χ3n) is 7.06. The number of anilines is 2. The van der Waals surface area contributed by atoms with Gasteiger partial charge in [0, 0.05) is 23.0 Å². The van der Waals surface area contributed by atoms with Gasteiger partial charge < -0.3 is 4.74 Å². The maximum absolute atomic E-state index is 14.2. The van der Waals surface area contributed by atoms with Crippen LogP contribution in [-0.2, 0) is 36.3 Å². The van der Waals surface area contributed by atoms with Crippen molar-refractivity contribution in [3.63, 3.8) is 0 Å². The van der Waals surface area contributed by atoms with Crippen molar-refractivity contribution in [3.8, 4) is 6.07 Å². The van der Waals surface area contributed by atoms with Crippen LogP contribution in [0.5, 0.6) is 0 Å². The van der Waals surface area contributed by atoms with Crippen molar-refractivity contribution in [2.24, 2.45) is 0 Å². The Morgan fingerprint density at radius 2 is 1.87 bits per heavy atom. The zero-order chi connectivity index (χ0) is 28.1. The first kappa shape index (κ1) is 27.1. The van der Waals surface area contributed by atoms with Crippen LogP contribution in [0.4, 0.5) is 11.6 Å². The van der Waals surface area contributed by atoms with Crippen LogP contribution in [0.15, 0.2) is 53.7 Å². The van der Waals surface area contributed by atoms with Crippen molar-refractivity contribution in [2.75, 3.05) is 18.6 Å². The summed E-state index contributed by atoms with van der Waals surface area (Å²) in [5, 5.41) is 9.52. The van der Waals surface area contributed by atoms with E-state index in [2.05, 4.69) is 11.1 Å². The van der Waals surface area contributed by atoms with Crippen LogP contribution >= 0.6 is 23.2 Å². The molecule has 0 N–H and O–H groups in total. The third kappa shape index (κ3) is 4.47. The Bertz CT molecular complexity index is 1610. The predicted molar refractivity (Wildman–Crippen MR) is 143 cm³/mol. The SMILES string of the molecule is COC(=O)C1CCCN1S(=O)(=O)c1cnc2n1C(C)(Cc1ccc(C#N)cc1)C(=O)N2c1cc(Cl)cc(Cl)c1. The molecule has 2 atom stereocenters. The molecule has 2 aliphatic rings. The summed E-state index contributed by atoms with van der Waals surface area (Å²) < 4.78 is 35.4. The van der Waals surface area contributed by atoms with Gasteiger partial charge in [-0.3, -0.25) is 14.2 Å². The molecule has 202 valence electrons. The molecule has 0 radical (unpaired) electrons. The highest BCUT2D eigenvalue weighted by atomic mass is 35.5. The van der Waals surface area contributed by atoms with Crippen LogP contribution in [-0.4, -0.2) is 53.8 Å². The number of sulfonamides is 1. The molecule has 2 aromatic carbocycles. The molecule has 0 aliphatic carbocycles. The van der Waals surface area contributed by atoms with Crippen molar-refractivity contribution in [1.82, 2.24) is 13.9 Å². The normalized spacial score (nSPS) is 21.2. The largest absolute Gasteiger partial charge is 0.468 e. The number of hydrogen-bond donors (Lipinski definition) is 0. The predicted octanol–water partition coefficient (Wildman–Crippen LogP) is 4.02. The first-order chi connectivity index (χ1) is 18.5. The number of amides is 1. The molecular formula is C26H23Cl2N5O5S. The van der Waals surface area contributed by atoms with E-state index in [1.54, 1.807) is 43.3 Å². The van der Waals surface area contributed by atoms with Crippen molar-refractivity contribution < 1.29 is 22.7 Å². The minimum absolute atomic E-state index is 0.0712. The van der Waals surface area contributed by atoms with E-state index in [0.717, 1.165) is 4.31 Å². The maximum atomic E-state index is 14.2. The van der Waals surface area contributed by atoms with E-state index < -0.39 is 33.5 Å². The van der Waals surface area contributed by atoms with Gasteiger partial charge in [0.2, 0.25) is 5.95 Å². The van der Waals surface area contributed by atoms with Crippen molar-refractivity contribution in [2.45, 2.75) is 42.8 Å². The molecule has 2 unspecified atom stereocenters. The fourth-order valence-corrected chi connectivity index (χ4v) is 7.58. The quantitative estimate of drug-likeness (QED) is 0.398. The molecule has 1 amide bonds. The lowest BCUT2D eigenvalue weighted by atomic mass is 9.91. The third-order valence-corrected chi connectivity index (χ3v) is 9.36. The number of carbonyl (C=O) groups excluding carboxylic acids is 2. The van der Waals surface area contributed by atoms with E-state index in [1.807, 2.05) is 0 Å². The van der Waals surface area contributed by atoms with E-state index in [0.29, 0.717) is 29.7 Å². The number of aromatic nitrogens is 2. The average molecular weight is 588 g/mol. The van der Waals surface area contributed by atoms with E-state index in [-0.39, 0.29) is 34.0 Å². The number of imidazole rings is 1. The van der Waals surface area contributed by atoms with E-state index in [9.17, 15) is 23.3 Å². The van der Waals surface area contributed by atoms with Crippen LogP contribution in [0.1, 0.15) is 30.9 Å². The zero-order valence-corrected chi connectivity index (χ0v) is 23.3. The molecule has 1 aromatic heterocycles. The molecule has 1 fully saturated rings. The molecule has 0 spiro atoms. The van der Waals surface area contributed by atoms with Crippen LogP contribution in [0.3, 0.4) is 0 Å². The molecule has 10 nitrogen and oxygen atoms in total. The number of hydrogen-bond acceptors (Lipinski definition) is 7. The molecule has 13 heteroatoms. The van der Waals surface area contributed by atoms with Gasteiger partial charge in [-0.25, -0.2) is 18.3 Å². The zero-order valence-electron chi connectivity index (χ0n) is 21.0. The van der Waals surface area contributed by atoms with E-state index in [4.69, 9.17) is 27.9 Å². The van der Waals surface area contributed by atoms with Gasteiger partial charge in [-0.2, -0.15) is 9.57 Å². The molecule has 0 bridgehead atoms. The molecule has 2 aliphatic heterocycles. The van der Waals surface area contributed by atoms with Crippen LogP contribution < -0.4 is 4.90 Å². The molecule has 0 saturated carbocycles. The summed E-state index contributed by atoms with van der Waals surface area (Å²) in [6.45, 7) is 1.75. The van der Waals surface area contributed by atoms with Gasteiger partial charge in [0.25, 0.3) is 15.9 Å². The number of carbonyl (C=O) groups is 2. The molecular weight excluding hydrogens is 565 g/mol. The Kier molecular flexibility index (Phi) is 6.93. The second-order valence-electron chi connectivity index (χ2n) is 9.56. The van der Waals surface area contributed by atoms with Gasteiger partial charge in [-0.15, -0.1) is 0 Å². The minimum atomic E-state index is -4.29. The van der Waals surface area contributed by atoms with Crippen molar-refractivity contribution in [1.29, 1.82) is 5.26 Å². The smallest absolute Gasteiger partial charge is 0.324 e. The lowest BCUT2D eigenvalue weighted by molar-refractivity contribution is -0.144. The van der Waals surface area contributed by atoms with E-state index in [1.165, 1.54) is 28.8 Å². The minimum Gasteiger partial charge on any atom is -0.468 e. The lowest BCUT2D eigenvalue weighted by Gasteiger charge is -2.28. The first-order valence-corrected chi connectivity index (χ1v) is 14.2. The number of nitrogens with zero attached hydrogens (tertiary/aromatic N) is 5. The number of esters is 1. The maximum Gasteiger partial charge on any atom is 0.324 e. The topological polar surface area (TPSA) is 126 Å². The summed E-state index contributed by atoms with van der Waals surface area (Å²) in [4.78, 5) is 32.2. The van der Waals surface area contributed by atoms with Crippen molar-refractivity contribution in [3.05, 3.63) is 69.8 Å². The highest BCUT2D eigenvalue weighted by Gasteiger charge is 2.53. The molecule has 5 rings (SSSR count). The van der Waals surface area contributed by atoms with Crippen LogP contribution in [0.2, 0.25) is 10.0 Å². The molecule has 1 saturated heterocycles. The summed E-state index contributed by atoms with van der Waals surface area (Å²) in [6.07, 6.45) is 2.09. The standard InChI is InChI=1S/C26H23Cl2N5O5S/c1-26(13-16-5-7-17(14-29)8-6-16)24(35)32(20-11-18(27)10-19(28)12-20)25-30-15-22(33(25)26)39(36,37)31-9-3-4-21(31)23(34)38-2/h5-8,10-12,15,21H,3-4,9,13H2,1-2H3. The lowest BCUT2D eigenvalue weighted by Crippen LogP contribution is -2.45. The first-order valence-electron chi connectivity index (χ1n) is 12.0. The Labute approximate surface area is 235 Å². The van der Waals surface area contributed by atoms with Gasteiger partial charge in [0.05, 0.1) is 30.6 Å². The van der Waals surface area contributed by atoms with Gasteiger partial charge in [0.15, 0.2) is 5.03 Å². The number of fused-ring (bicyclic) bond motifs is 1. The Morgan fingerprint density at radius 1 is 1.21 bits per heavy atom. The highest BCUT2D eigenvalue weighted by Crippen LogP contribution is 2.45. The van der Waals surface area contributed by atoms with E-state index >= 15 is 0 Å². The molecule has 39 heavy (non-hydrogen) atoms. The van der Waals surface area contributed by atoms with Crippen LogP contribution in [0.25, 0.3) is 0 Å². The van der Waals surface area contributed by atoms with Gasteiger partial charge in [-0.05, 0) is 55.7 Å². The van der Waals surface area contributed by atoms with Gasteiger partial charge >= 0.3 is 5.97 Å². The average Bonchev–Trinajstić information content (AvgIpc) is 3.61. The Hall–Kier alpha value is -3.43. The Balaban J connectivity index is 1.68. The summed E-state index contributed by atoms with van der Waals surface area (Å²) in [7, 11) is -3.07. The number of nitriles is 1. The molecule has 3 aromatic rings. The fourth-order valence-electron chi connectivity index (χ4n) is 5.23. The number of methoxy groups -OCH3 is 1.